The van der Waals surface area contributed by atoms with Crippen LogP contribution >= 0.6 is 15.9 Å². The van der Waals surface area contributed by atoms with Crippen LogP contribution < -0.4 is 15.2 Å². The number of halogens is 1. The third kappa shape index (κ3) is 4.60. The number of aromatic nitrogens is 1. The smallest absolute Gasteiger partial charge is 0.259 e. The Morgan fingerprint density at radius 2 is 1.78 bits per heavy atom. The van der Waals surface area contributed by atoms with E-state index in [-0.39, 0.29) is 18.0 Å². The lowest BCUT2D eigenvalue weighted by atomic mass is 10.1. The molecule has 1 amide bonds. The minimum absolute atomic E-state index is 0.132. The second-order valence-electron chi connectivity index (χ2n) is 7.51. The molecule has 32 heavy (non-hydrogen) atoms. The number of hydrogen-bond donors (Lipinski definition) is 1. The molecule has 5 nitrogen and oxygen atoms in total. The number of carbonyl (C=O) groups is 1. The van der Waals surface area contributed by atoms with E-state index in [0.29, 0.717) is 27.9 Å². The second kappa shape index (κ2) is 9.40. The Morgan fingerprint density at radius 1 is 1.03 bits per heavy atom. The molecule has 0 radical (unpaired) electrons. The van der Waals surface area contributed by atoms with Gasteiger partial charge in [-0.1, -0.05) is 23.8 Å². The molecule has 4 rings (SSSR count). The molecule has 1 heterocycles. The van der Waals surface area contributed by atoms with Gasteiger partial charge in [0.25, 0.3) is 11.5 Å². The molecule has 0 aliphatic carbocycles. The fourth-order valence-corrected chi connectivity index (χ4v) is 4.06. The fourth-order valence-electron chi connectivity index (χ4n) is 3.61. The Morgan fingerprint density at radius 3 is 2.50 bits per heavy atom. The monoisotopic (exact) mass is 490 g/mol. The minimum Gasteiger partial charge on any atom is -0.494 e. The minimum atomic E-state index is -0.211. The summed E-state index contributed by atoms with van der Waals surface area (Å²) in [4.78, 5) is 30.9. The first-order valence-corrected chi connectivity index (χ1v) is 11.2. The van der Waals surface area contributed by atoms with Gasteiger partial charge in [0, 0.05) is 21.2 Å². The molecule has 1 N–H and O–H groups in total. The number of fused-ring (bicyclic) bond motifs is 1. The summed E-state index contributed by atoms with van der Waals surface area (Å²) in [6.07, 6.45) is 0. The maximum atomic E-state index is 13.6. The lowest BCUT2D eigenvalue weighted by molar-refractivity contribution is 0.0984. The van der Waals surface area contributed by atoms with Gasteiger partial charge in [0.15, 0.2) is 0 Å². The van der Waals surface area contributed by atoms with E-state index in [2.05, 4.69) is 20.9 Å². The van der Waals surface area contributed by atoms with Crippen molar-refractivity contribution in [2.75, 3.05) is 11.5 Å². The van der Waals surface area contributed by atoms with Crippen molar-refractivity contribution in [1.29, 1.82) is 0 Å². The Balaban J connectivity index is 1.78. The average molecular weight is 491 g/mol. The Bertz CT molecular complexity index is 1330. The van der Waals surface area contributed by atoms with Gasteiger partial charge in [0.2, 0.25) is 0 Å². The second-order valence-corrected chi connectivity index (χ2v) is 8.37. The van der Waals surface area contributed by atoms with Gasteiger partial charge < -0.3 is 14.6 Å². The van der Waals surface area contributed by atoms with Crippen LogP contribution in [0.5, 0.6) is 5.75 Å². The highest BCUT2D eigenvalue weighted by Crippen LogP contribution is 2.26. The molecular formula is C26H23BrN2O3. The number of carbonyl (C=O) groups excluding carboxylic acids is 1. The molecule has 0 atom stereocenters. The first-order chi connectivity index (χ1) is 15.5. The number of pyridine rings is 1. The lowest BCUT2D eigenvalue weighted by Crippen LogP contribution is -2.33. The molecule has 1 aromatic heterocycles. The van der Waals surface area contributed by atoms with Crippen LogP contribution in [0.1, 0.15) is 28.4 Å². The quantitative estimate of drug-likeness (QED) is 0.369. The van der Waals surface area contributed by atoms with E-state index in [4.69, 9.17) is 4.74 Å². The van der Waals surface area contributed by atoms with E-state index < -0.39 is 0 Å². The van der Waals surface area contributed by atoms with Crippen molar-refractivity contribution in [2.24, 2.45) is 0 Å². The molecule has 4 aromatic rings. The summed E-state index contributed by atoms with van der Waals surface area (Å²) in [7, 11) is 0. The molecule has 0 saturated heterocycles. The van der Waals surface area contributed by atoms with Crippen LogP contribution in [0.15, 0.2) is 82.1 Å². The van der Waals surface area contributed by atoms with Gasteiger partial charge >= 0.3 is 0 Å². The SMILES string of the molecule is CCOc1ccc(N(Cc2cc3cc(C)ccc3[nH]c2=O)C(=O)c2ccccc2Br)cc1. The molecular weight excluding hydrogens is 468 g/mol. The van der Waals surface area contributed by atoms with Gasteiger partial charge in [-0.05, 0) is 89.8 Å². The van der Waals surface area contributed by atoms with Gasteiger partial charge in [-0.15, -0.1) is 0 Å². The van der Waals surface area contributed by atoms with E-state index in [1.807, 2.05) is 80.6 Å². The Kier molecular flexibility index (Phi) is 6.42. The van der Waals surface area contributed by atoms with E-state index in [1.165, 1.54) is 0 Å². The molecule has 0 fully saturated rings. The summed E-state index contributed by atoms with van der Waals surface area (Å²) in [6, 6.07) is 22.3. The summed E-state index contributed by atoms with van der Waals surface area (Å²) >= 11 is 3.47. The molecule has 162 valence electrons. The molecule has 0 aliphatic heterocycles. The third-order valence-corrected chi connectivity index (χ3v) is 5.91. The van der Waals surface area contributed by atoms with Crippen LogP contribution in [-0.4, -0.2) is 17.5 Å². The van der Waals surface area contributed by atoms with Crippen molar-refractivity contribution in [1.82, 2.24) is 4.98 Å². The van der Waals surface area contributed by atoms with E-state index in [0.717, 1.165) is 22.2 Å². The zero-order chi connectivity index (χ0) is 22.7. The zero-order valence-corrected chi connectivity index (χ0v) is 19.5. The van der Waals surface area contributed by atoms with Crippen molar-refractivity contribution in [3.8, 4) is 5.75 Å². The van der Waals surface area contributed by atoms with Gasteiger partial charge in [-0.3, -0.25) is 9.59 Å². The predicted octanol–water partition coefficient (Wildman–Crippen LogP) is 5.84. The van der Waals surface area contributed by atoms with Gasteiger partial charge in [-0.25, -0.2) is 0 Å². The number of nitrogens with zero attached hydrogens (tertiary/aromatic N) is 1. The highest BCUT2D eigenvalue weighted by Gasteiger charge is 2.21. The number of rotatable bonds is 6. The highest BCUT2D eigenvalue weighted by molar-refractivity contribution is 9.10. The first kappa shape index (κ1) is 21.8. The largest absolute Gasteiger partial charge is 0.494 e. The zero-order valence-electron chi connectivity index (χ0n) is 17.9. The topological polar surface area (TPSA) is 62.4 Å². The van der Waals surface area contributed by atoms with E-state index in [1.54, 1.807) is 11.0 Å². The van der Waals surface area contributed by atoms with E-state index in [9.17, 15) is 9.59 Å². The molecule has 6 heteroatoms. The normalized spacial score (nSPS) is 10.8. The number of H-pyrrole nitrogens is 1. The average Bonchev–Trinajstić information content (AvgIpc) is 2.79. The maximum absolute atomic E-state index is 13.6. The number of anilines is 1. The molecule has 0 bridgehead atoms. The molecule has 3 aromatic carbocycles. The summed E-state index contributed by atoms with van der Waals surface area (Å²) < 4.78 is 6.23. The van der Waals surface area contributed by atoms with Gasteiger partial charge in [-0.2, -0.15) is 0 Å². The standard InChI is InChI=1S/C26H23BrN2O3/c1-3-32-21-11-9-20(10-12-21)29(26(31)22-6-4-5-7-23(22)27)16-19-15-18-14-17(2)8-13-24(18)28-25(19)30/h4-15H,3,16H2,1-2H3,(H,28,30). The lowest BCUT2D eigenvalue weighted by Gasteiger charge is -2.24. The Labute approximate surface area is 194 Å². The highest BCUT2D eigenvalue weighted by atomic mass is 79.9. The fraction of sp³-hybridized carbons (Fsp3) is 0.154. The summed E-state index contributed by atoms with van der Waals surface area (Å²) in [5, 5.41) is 0.930. The Hall–Kier alpha value is -3.38. The summed E-state index contributed by atoms with van der Waals surface area (Å²) in [5.74, 6) is 0.522. The van der Waals surface area contributed by atoms with Crippen molar-refractivity contribution in [3.05, 3.63) is 104 Å². The van der Waals surface area contributed by atoms with Crippen LogP contribution in [0.4, 0.5) is 5.69 Å². The van der Waals surface area contributed by atoms with Crippen LogP contribution in [0.3, 0.4) is 0 Å². The molecule has 0 saturated carbocycles. The molecule has 0 aliphatic rings. The predicted molar refractivity (Wildman–Crippen MR) is 132 cm³/mol. The van der Waals surface area contributed by atoms with Gasteiger partial charge in [0.1, 0.15) is 5.75 Å². The molecule has 0 spiro atoms. The van der Waals surface area contributed by atoms with Crippen LogP contribution in [-0.2, 0) is 6.54 Å². The van der Waals surface area contributed by atoms with Crippen molar-refractivity contribution in [2.45, 2.75) is 20.4 Å². The number of hydrogen-bond acceptors (Lipinski definition) is 3. The number of ether oxygens (including phenoxy) is 1. The molecule has 0 unspecified atom stereocenters. The van der Waals surface area contributed by atoms with Gasteiger partial charge in [0.05, 0.1) is 18.7 Å². The number of benzene rings is 3. The number of aromatic amines is 1. The van der Waals surface area contributed by atoms with Crippen molar-refractivity contribution < 1.29 is 9.53 Å². The number of nitrogens with one attached hydrogen (secondary N) is 1. The summed E-state index contributed by atoms with van der Waals surface area (Å²) in [5.41, 5.74) is 3.37. The van der Waals surface area contributed by atoms with E-state index >= 15 is 0 Å². The van der Waals surface area contributed by atoms with Crippen LogP contribution in [0.25, 0.3) is 10.9 Å². The first-order valence-electron chi connectivity index (χ1n) is 10.4. The number of amides is 1. The van der Waals surface area contributed by atoms with Crippen LogP contribution in [0, 0.1) is 6.92 Å². The summed E-state index contributed by atoms with van der Waals surface area (Å²) in [6.45, 7) is 4.62. The maximum Gasteiger partial charge on any atom is 0.259 e. The van der Waals surface area contributed by atoms with Crippen molar-refractivity contribution >= 4 is 38.4 Å². The number of aryl methyl sites for hydroxylation is 1. The third-order valence-electron chi connectivity index (χ3n) is 5.21. The van der Waals surface area contributed by atoms with Crippen LogP contribution in [0.2, 0.25) is 0 Å². The van der Waals surface area contributed by atoms with Crippen molar-refractivity contribution in [3.63, 3.8) is 0 Å².